The number of hydrogen-bond acceptors (Lipinski definition) is 3. The summed E-state index contributed by atoms with van der Waals surface area (Å²) in [5.41, 5.74) is 7.82. The highest BCUT2D eigenvalue weighted by Gasteiger charge is 2.16. The number of hydrogen-bond donors (Lipinski definition) is 3. The number of nitrogens with two attached hydrogens (primary N) is 1. The summed E-state index contributed by atoms with van der Waals surface area (Å²) in [4.78, 5) is 23.0. The smallest absolute Gasteiger partial charge is 0.251 e. The number of anilines is 1. The van der Waals surface area contributed by atoms with E-state index in [1.54, 1.807) is 12.1 Å². The minimum absolute atomic E-state index is 0. The average molecular weight is 284 g/mol. The average Bonchev–Trinajstić information content (AvgIpc) is 2.38. The van der Waals surface area contributed by atoms with Crippen LogP contribution in [0, 0.1) is 0 Å². The van der Waals surface area contributed by atoms with E-state index in [1.165, 1.54) is 0 Å². The summed E-state index contributed by atoms with van der Waals surface area (Å²) in [6.45, 7) is 1.15. The van der Waals surface area contributed by atoms with E-state index in [-0.39, 0.29) is 24.2 Å². The maximum atomic E-state index is 11.8. The Morgan fingerprint density at radius 1 is 1.37 bits per heavy atom. The van der Waals surface area contributed by atoms with Crippen molar-refractivity contribution in [2.24, 2.45) is 5.73 Å². The molecule has 0 bridgehead atoms. The van der Waals surface area contributed by atoms with Crippen LogP contribution in [-0.4, -0.2) is 24.9 Å². The first-order chi connectivity index (χ1) is 8.70. The van der Waals surface area contributed by atoms with Crippen molar-refractivity contribution in [1.29, 1.82) is 0 Å². The van der Waals surface area contributed by atoms with Gasteiger partial charge in [-0.05, 0) is 43.1 Å². The standard InChI is InChI=1S/C13H17N3O2.ClH/c14-6-1-7-15-13(18)10-2-4-11-9(8-10)3-5-12(17)16-11;/h2,4,8H,1,3,5-7,14H2,(H,15,18)(H,16,17);1H. The molecule has 0 radical (unpaired) electrons. The molecule has 1 aromatic rings. The van der Waals surface area contributed by atoms with Gasteiger partial charge < -0.3 is 16.4 Å². The van der Waals surface area contributed by atoms with Gasteiger partial charge in [0.2, 0.25) is 5.91 Å². The molecule has 1 aliphatic rings. The summed E-state index contributed by atoms with van der Waals surface area (Å²) in [5, 5.41) is 5.60. The lowest BCUT2D eigenvalue weighted by molar-refractivity contribution is -0.116. The van der Waals surface area contributed by atoms with Gasteiger partial charge in [0, 0.05) is 24.2 Å². The van der Waals surface area contributed by atoms with Gasteiger partial charge in [-0.1, -0.05) is 0 Å². The van der Waals surface area contributed by atoms with E-state index in [4.69, 9.17) is 5.73 Å². The van der Waals surface area contributed by atoms with Crippen LogP contribution in [-0.2, 0) is 11.2 Å². The molecule has 0 aromatic heterocycles. The number of nitrogens with one attached hydrogen (secondary N) is 2. The van der Waals surface area contributed by atoms with E-state index >= 15 is 0 Å². The zero-order valence-corrected chi connectivity index (χ0v) is 11.4. The number of carbonyl (C=O) groups excluding carboxylic acids is 2. The van der Waals surface area contributed by atoms with Crippen LogP contribution < -0.4 is 16.4 Å². The molecule has 0 fully saturated rings. The maximum Gasteiger partial charge on any atom is 0.251 e. The minimum Gasteiger partial charge on any atom is -0.352 e. The molecule has 2 rings (SSSR count). The lowest BCUT2D eigenvalue weighted by Crippen LogP contribution is -2.26. The fourth-order valence-electron chi connectivity index (χ4n) is 1.93. The number of halogens is 1. The Morgan fingerprint density at radius 2 is 2.16 bits per heavy atom. The van der Waals surface area contributed by atoms with Crippen LogP contribution in [0.3, 0.4) is 0 Å². The Hall–Kier alpha value is -1.59. The van der Waals surface area contributed by atoms with E-state index in [1.807, 2.05) is 6.07 Å². The van der Waals surface area contributed by atoms with Crippen LogP contribution in [0.2, 0.25) is 0 Å². The molecule has 1 heterocycles. The van der Waals surface area contributed by atoms with Gasteiger partial charge in [-0.25, -0.2) is 0 Å². The first kappa shape index (κ1) is 15.5. The molecule has 104 valence electrons. The SMILES string of the molecule is Cl.NCCCNC(=O)c1ccc2c(c1)CCC(=O)N2. The normalized spacial score (nSPS) is 13.0. The third-order valence-electron chi connectivity index (χ3n) is 2.93. The molecule has 19 heavy (non-hydrogen) atoms. The molecular weight excluding hydrogens is 266 g/mol. The molecule has 0 saturated carbocycles. The largest absolute Gasteiger partial charge is 0.352 e. The van der Waals surface area contributed by atoms with Gasteiger partial charge in [0.05, 0.1) is 0 Å². The van der Waals surface area contributed by atoms with Crippen LogP contribution >= 0.6 is 12.4 Å². The summed E-state index contributed by atoms with van der Waals surface area (Å²) in [6.07, 6.45) is 1.93. The molecule has 1 aliphatic heterocycles. The van der Waals surface area contributed by atoms with E-state index in [2.05, 4.69) is 10.6 Å². The zero-order valence-electron chi connectivity index (χ0n) is 10.6. The molecule has 0 saturated heterocycles. The van der Waals surface area contributed by atoms with Gasteiger partial charge in [0.25, 0.3) is 5.91 Å². The number of carbonyl (C=O) groups is 2. The van der Waals surface area contributed by atoms with E-state index in [0.717, 1.165) is 17.7 Å². The first-order valence-corrected chi connectivity index (χ1v) is 6.12. The van der Waals surface area contributed by atoms with Crippen molar-refractivity contribution in [2.45, 2.75) is 19.3 Å². The van der Waals surface area contributed by atoms with Crippen LogP contribution in [0.1, 0.15) is 28.8 Å². The Balaban J connectivity index is 0.00000180. The third kappa shape index (κ3) is 3.94. The lowest BCUT2D eigenvalue weighted by Gasteiger charge is -2.17. The molecular formula is C13H18ClN3O2. The molecule has 0 aliphatic carbocycles. The van der Waals surface area contributed by atoms with Gasteiger partial charge in [0.1, 0.15) is 0 Å². The summed E-state index contributed by atoms with van der Waals surface area (Å²) < 4.78 is 0. The van der Waals surface area contributed by atoms with Gasteiger partial charge in [-0.3, -0.25) is 9.59 Å². The zero-order chi connectivity index (χ0) is 13.0. The third-order valence-corrected chi connectivity index (χ3v) is 2.93. The summed E-state index contributed by atoms with van der Waals surface area (Å²) >= 11 is 0. The number of fused-ring (bicyclic) bond motifs is 1. The summed E-state index contributed by atoms with van der Waals surface area (Å²) in [6, 6.07) is 5.35. The number of amides is 2. The predicted molar refractivity (Wildman–Crippen MR) is 76.6 cm³/mol. The Kier molecular flexibility index (Phi) is 5.79. The van der Waals surface area contributed by atoms with Crippen molar-refractivity contribution in [3.05, 3.63) is 29.3 Å². The molecule has 0 unspecified atom stereocenters. The van der Waals surface area contributed by atoms with E-state index in [9.17, 15) is 9.59 Å². The van der Waals surface area contributed by atoms with Crippen molar-refractivity contribution in [2.75, 3.05) is 18.4 Å². The van der Waals surface area contributed by atoms with Crippen molar-refractivity contribution < 1.29 is 9.59 Å². The number of aryl methyl sites for hydroxylation is 1. The summed E-state index contributed by atoms with van der Waals surface area (Å²) in [5.74, 6) is -0.0641. The van der Waals surface area contributed by atoms with Crippen molar-refractivity contribution >= 4 is 29.9 Å². The van der Waals surface area contributed by atoms with Gasteiger partial charge >= 0.3 is 0 Å². The fraction of sp³-hybridized carbons (Fsp3) is 0.385. The molecule has 6 heteroatoms. The van der Waals surface area contributed by atoms with Gasteiger partial charge in [0.15, 0.2) is 0 Å². The minimum atomic E-state index is -0.0943. The monoisotopic (exact) mass is 283 g/mol. The lowest BCUT2D eigenvalue weighted by atomic mass is 10.00. The van der Waals surface area contributed by atoms with E-state index in [0.29, 0.717) is 31.5 Å². The van der Waals surface area contributed by atoms with Crippen LogP contribution in [0.5, 0.6) is 0 Å². The molecule has 0 atom stereocenters. The van der Waals surface area contributed by atoms with E-state index < -0.39 is 0 Å². The molecule has 2 amide bonds. The molecule has 0 spiro atoms. The first-order valence-electron chi connectivity index (χ1n) is 6.12. The highest BCUT2D eigenvalue weighted by molar-refractivity contribution is 5.97. The molecule has 1 aromatic carbocycles. The van der Waals surface area contributed by atoms with Gasteiger partial charge in [-0.15, -0.1) is 12.4 Å². The molecule has 5 nitrogen and oxygen atoms in total. The van der Waals surface area contributed by atoms with Crippen molar-refractivity contribution in [3.63, 3.8) is 0 Å². The second-order valence-electron chi connectivity index (χ2n) is 4.32. The fourth-order valence-corrected chi connectivity index (χ4v) is 1.93. The van der Waals surface area contributed by atoms with Crippen LogP contribution in [0.15, 0.2) is 18.2 Å². The molecule has 4 N–H and O–H groups in total. The number of rotatable bonds is 4. The topological polar surface area (TPSA) is 84.2 Å². The van der Waals surface area contributed by atoms with Gasteiger partial charge in [-0.2, -0.15) is 0 Å². The van der Waals surface area contributed by atoms with Crippen LogP contribution in [0.25, 0.3) is 0 Å². The Labute approximate surface area is 118 Å². The highest BCUT2D eigenvalue weighted by Crippen LogP contribution is 2.23. The quantitative estimate of drug-likeness (QED) is 0.723. The second kappa shape index (κ2) is 7.11. The van der Waals surface area contributed by atoms with Crippen LogP contribution in [0.4, 0.5) is 5.69 Å². The maximum absolute atomic E-state index is 11.8. The Bertz CT molecular complexity index is 477. The Morgan fingerprint density at radius 3 is 2.89 bits per heavy atom. The predicted octanol–water partition coefficient (Wildman–Crippen LogP) is 1.07. The highest BCUT2D eigenvalue weighted by atomic mass is 35.5. The summed E-state index contributed by atoms with van der Waals surface area (Å²) in [7, 11) is 0. The second-order valence-corrected chi connectivity index (χ2v) is 4.32. The number of benzene rings is 1. The van der Waals surface area contributed by atoms with Crippen molar-refractivity contribution in [1.82, 2.24) is 5.32 Å². The van der Waals surface area contributed by atoms with Crippen molar-refractivity contribution in [3.8, 4) is 0 Å².